The second kappa shape index (κ2) is 6.02. The maximum atomic E-state index is 12.6. The van der Waals surface area contributed by atoms with Gasteiger partial charge in [0.05, 0.1) is 11.6 Å². The number of carbonyl (C=O) groups is 1. The van der Waals surface area contributed by atoms with Crippen LogP contribution in [0.15, 0.2) is 48.8 Å². The van der Waals surface area contributed by atoms with E-state index >= 15 is 0 Å². The summed E-state index contributed by atoms with van der Waals surface area (Å²) >= 11 is 0. The molecule has 0 radical (unpaired) electrons. The Bertz CT molecular complexity index is 683. The molecule has 6 heteroatoms. The molecule has 3 nitrogen and oxygen atoms in total. The monoisotopic (exact) mass is 320 g/mol. The van der Waals surface area contributed by atoms with E-state index in [2.05, 4.69) is 4.98 Å². The van der Waals surface area contributed by atoms with E-state index in [-0.39, 0.29) is 17.5 Å². The first-order valence-electron chi connectivity index (χ1n) is 7.35. The van der Waals surface area contributed by atoms with E-state index in [1.165, 1.54) is 12.1 Å². The quantitative estimate of drug-likeness (QED) is 0.835. The van der Waals surface area contributed by atoms with Crippen LogP contribution in [0.25, 0.3) is 0 Å². The average Bonchev–Trinajstić information content (AvgIpc) is 3.04. The Labute approximate surface area is 131 Å². The van der Waals surface area contributed by atoms with Crippen molar-refractivity contribution in [3.05, 3.63) is 65.5 Å². The summed E-state index contributed by atoms with van der Waals surface area (Å²) in [6.45, 7) is 0.604. The summed E-state index contributed by atoms with van der Waals surface area (Å²) < 4.78 is 37.8. The van der Waals surface area contributed by atoms with Crippen LogP contribution in [0.1, 0.15) is 40.4 Å². The maximum Gasteiger partial charge on any atom is 0.416 e. The van der Waals surface area contributed by atoms with Crippen LogP contribution < -0.4 is 0 Å². The fourth-order valence-electron chi connectivity index (χ4n) is 2.91. The SMILES string of the molecule is O=C(c1ccc(C(F)(F)F)cc1)N1CCCC1c1ccncc1. The van der Waals surface area contributed by atoms with Crippen molar-refractivity contribution in [2.24, 2.45) is 0 Å². The number of pyridine rings is 1. The highest BCUT2D eigenvalue weighted by Crippen LogP contribution is 2.33. The number of rotatable bonds is 2. The third-order valence-corrected chi connectivity index (χ3v) is 4.06. The molecule has 23 heavy (non-hydrogen) atoms. The Morgan fingerprint density at radius 3 is 2.35 bits per heavy atom. The second-order valence-electron chi connectivity index (χ2n) is 5.51. The number of likely N-dealkylation sites (tertiary alicyclic amines) is 1. The minimum absolute atomic E-state index is 0.0483. The molecule has 1 aliphatic rings. The molecular weight excluding hydrogens is 305 g/mol. The third-order valence-electron chi connectivity index (χ3n) is 4.06. The Balaban J connectivity index is 1.82. The number of carbonyl (C=O) groups excluding carboxylic acids is 1. The molecule has 0 N–H and O–H groups in total. The van der Waals surface area contributed by atoms with Gasteiger partial charge in [0.15, 0.2) is 0 Å². The van der Waals surface area contributed by atoms with E-state index in [4.69, 9.17) is 0 Å². The predicted molar refractivity (Wildman–Crippen MR) is 78.7 cm³/mol. The largest absolute Gasteiger partial charge is 0.416 e. The van der Waals surface area contributed by atoms with Gasteiger partial charge in [-0.15, -0.1) is 0 Å². The van der Waals surface area contributed by atoms with Gasteiger partial charge in [0.1, 0.15) is 0 Å². The molecule has 0 bridgehead atoms. The van der Waals surface area contributed by atoms with E-state index in [1.54, 1.807) is 17.3 Å². The lowest BCUT2D eigenvalue weighted by molar-refractivity contribution is -0.137. The topological polar surface area (TPSA) is 33.2 Å². The highest BCUT2D eigenvalue weighted by Gasteiger charge is 2.32. The summed E-state index contributed by atoms with van der Waals surface area (Å²) in [5, 5.41) is 0. The highest BCUT2D eigenvalue weighted by atomic mass is 19.4. The number of alkyl halides is 3. The van der Waals surface area contributed by atoms with Crippen molar-refractivity contribution in [2.75, 3.05) is 6.54 Å². The van der Waals surface area contributed by atoms with Crippen molar-refractivity contribution in [2.45, 2.75) is 25.1 Å². The van der Waals surface area contributed by atoms with Crippen LogP contribution in [0, 0.1) is 0 Å². The third kappa shape index (κ3) is 3.21. The van der Waals surface area contributed by atoms with Gasteiger partial charge < -0.3 is 4.90 Å². The Morgan fingerprint density at radius 1 is 1.09 bits per heavy atom. The summed E-state index contributed by atoms with van der Waals surface area (Å²) in [6, 6.07) is 8.06. The zero-order valence-electron chi connectivity index (χ0n) is 12.3. The summed E-state index contributed by atoms with van der Waals surface area (Å²) in [7, 11) is 0. The van der Waals surface area contributed by atoms with Crippen LogP contribution in [0.4, 0.5) is 13.2 Å². The maximum absolute atomic E-state index is 12.6. The van der Waals surface area contributed by atoms with Gasteiger partial charge in [0.25, 0.3) is 5.91 Å². The molecule has 1 aromatic heterocycles. The molecule has 1 fully saturated rings. The number of hydrogen-bond donors (Lipinski definition) is 0. The van der Waals surface area contributed by atoms with Crippen molar-refractivity contribution in [1.29, 1.82) is 0 Å². The smallest absolute Gasteiger partial charge is 0.332 e. The number of amides is 1. The number of aromatic nitrogens is 1. The summed E-state index contributed by atoms with van der Waals surface area (Å²) in [6.07, 6.45) is 0.674. The Hall–Kier alpha value is -2.37. The summed E-state index contributed by atoms with van der Waals surface area (Å²) in [5.41, 5.74) is 0.526. The zero-order chi connectivity index (χ0) is 16.4. The summed E-state index contributed by atoms with van der Waals surface area (Å²) in [5.74, 6) is -0.238. The molecule has 2 heterocycles. The molecule has 1 aromatic carbocycles. The van der Waals surface area contributed by atoms with Gasteiger partial charge in [-0.3, -0.25) is 9.78 Å². The van der Waals surface area contributed by atoms with Crippen LogP contribution in [-0.4, -0.2) is 22.3 Å². The fraction of sp³-hybridized carbons (Fsp3) is 0.294. The number of nitrogens with zero attached hydrogens (tertiary/aromatic N) is 2. The molecule has 1 saturated heterocycles. The van der Waals surface area contributed by atoms with Gasteiger partial charge in [0.2, 0.25) is 0 Å². The number of halogens is 3. The van der Waals surface area contributed by atoms with Gasteiger partial charge in [0, 0.05) is 24.5 Å². The molecule has 1 unspecified atom stereocenters. The van der Waals surface area contributed by atoms with Crippen molar-refractivity contribution < 1.29 is 18.0 Å². The van der Waals surface area contributed by atoms with E-state index in [0.717, 1.165) is 30.5 Å². The molecular formula is C17H15F3N2O. The van der Waals surface area contributed by atoms with Gasteiger partial charge in [-0.2, -0.15) is 13.2 Å². The molecule has 0 aliphatic carbocycles. The highest BCUT2D eigenvalue weighted by molar-refractivity contribution is 5.94. The second-order valence-corrected chi connectivity index (χ2v) is 5.51. The minimum atomic E-state index is -4.39. The Kier molecular flexibility index (Phi) is 4.07. The fourth-order valence-corrected chi connectivity index (χ4v) is 2.91. The van der Waals surface area contributed by atoms with Crippen LogP contribution in [0.2, 0.25) is 0 Å². The van der Waals surface area contributed by atoms with Crippen LogP contribution in [-0.2, 0) is 6.18 Å². The van der Waals surface area contributed by atoms with Crippen LogP contribution in [0.3, 0.4) is 0 Å². The number of benzene rings is 1. The first-order chi connectivity index (χ1) is 11.0. The lowest BCUT2D eigenvalue weighted by Gasteiger charge is -2.25. The predicted octanol–water partition coefficient (Wildman–Crippen LogP) is 4.08. The molecule has 1 aliphatic heterocycles. The molecule has 0 spiro atoms. The molecule has 2 aromatic rings. The van der Waals surface area contributed by atoms with Gasteiger partial charge in [-0.05, 0) is 54.8 Å². The molecule has 3 rings (SSSR count). The van der Waals surface area contributed by atoms with Crippen molar-refractivity contribution in [1.82, 2.24) is 9.88 Å². The Morgan fingerprint density at radius 2 is 1.74 bits per heavy atom. The van der Waals surface area contributed by atoms with E-state index in [1.807, 2.05) is 12.1 Å². The first kappa shape index (κ1) is 15.5. The normalized spacial score (nSPS) is 18.2. The first-order valence-corrected chi connectivity index (χ1v) is 7.35. The van der Waals surface area contributed by atoms with Crippen molar-refractivity contribution in [3.63, 3.8) is 0 Å². The van der Waals surface area contributed by atoms with Crippen LogP contribution in [0.5, 0.6) is 0 Å². The van der Waals surface area contributed by atoms with E-state index in [9.17, 15) is 18.0 Å². The summed E-state index contributed by atoms with van der Waals surface area (Å²) in [4.78, 5) is 18.3. The zero-order valence-corrected chi connectivity index (χ0v) is 12.3. The standard InChI is InChI=1S/C17H15F3N2O/c18-17(19,20)14-5-3-13(4-6-14)16(23)22-11-1-2-15(22)12-7-9-21-10-8-12/h3-10,15H,1-2,11H2. The average molecular weight is 320 g/mol. The molecule has 1 amide bonds. The molecule has 1 atom stereocenters. The van der Waals surface area contributed by atoms with Crippen molar-refractivity contribution in [3.8, 4) is 0 Å². The van der Waals surface area contributed by atoms with E-state index < -0.39 is 11.7 Å². The lowest BCUT2D eigenvalue weighted by atomic mass is 10.0. The van der Waals surface area contributed by atoms with Gasteiger partial charge in [-0.25, -0.2) is 0 Å². The molecule has 0 saturated carbocycles. The van der Waals surface area contributed by atoms with Crippen molar-refractivity contribution >= 4 is 5.91 Å². The van der Waals surface area contributed by atoms with Gasteiger partial charge >= 0.3 is 6.18 Å². The molecule has 120 valence electrons. The number of hydrogen-bond acceptors (Lipinski definition) is 2. The van der Waals surface area contributed by atoms with E-state index in [0.29, 0.717) is 6.54 Å². The lowest BCUT2D eigenvalue weighted by Crippen LogP contribution is -2.30. The minimum Gasteiger partial charge on any atom is -0.332 e. The van der Waals surface area contributed by atoms with Gasteiger partial charge in [-0.1, -0.05) is 0 Å². The van der Waals surface area contributed by atoms with Crippen LogP contribution >= 0.6 is 0 Å².